The first kappa shape index (κ1) is 17.8. The van der Waals surface area contributed by atoms with Gasteiger partial charge >= 0.3 is 6.61 Å². The molecule has 0 unspecified atom stereocenters. The van der Waals surface area contributed by atoms with Crippen molar-refractivity contribution in [2.75, 3.05) is 4.72 Å². The third-order valence-electron chi connectivity index (χ3n) is 2.85. The number of nitrogens with one attached hydrogen (secondary N) is 1. The molecule has 2 rings (SSSR count). The Kier molecular flexibility index (Phi) is 5.33. The number of anilines is 1. The molecule has 0 amide bonds. The molecule has 0 atom stereocenters. The van der Waals surface area contributed by atoms with Gasteiger partial charge in [-0.15, -0.1) is 0 Å². The number of hydrogen-bond acceptors (Lipinski definition) is 3. The predicted molar refractivity (Wildman–Crippen MR) is 85.1 cm³/mol. The lowest BCUT2D eigenvalue weighted by Crippen LogP contribution is -2.14. The zero-order valence-corrected chi connectivity index (χ0v) is 14.0. The number of alkyl halides is 2. The SMILES string of the molecule is Cc1cc(OC(F)F)ccc1NS(=O)(=O)c1cc(Cl)ccc1Cl. The molecule has 0 aliphatic heterocycles. The van der Waals surface area contributed by atoms with Crippen molar-refractivity contribution in [1.82, 2.24) is 0 Å². The van der Waals surface area contributed by atoms with Crippen LogP contribution in [0.1, 0.15) is 5.56 Å². The smallest absolute Gasteiger partial charge is 0.387 e. The maximum Gasteiger partial charge on any atom is 0.387 e. The van der Waals surface area contributed by atoms with Gasteiger partial charge in [0.2, 0.25) is 0 Å². The third kappa shape index (κ3) is 4.46. The quantitative estimate of drug-likeness (QED) is 0.815. The second kappa shape index (κ2) is 6.90. The van der Waals surface area contributed by atoms with Crippen molar-refractivity contribution >= 4 is 38.9 Å². The highest BCUT2D eigenvalue weighted by Crippen LogP contribution is 2.29. The molecule has 0 aliphatic rings. The minimum atomic E-state index is -3.98. The summed E-state index contributed by atoms with van der Waals surface area (Å²) in [4.78, 5) is -0.182. The van der Waals surface area contributed by atoms with Crippen LogP contribution in [0.25, 0.3) is 0 Å². The molecule has 9 heteroatoms. The van der Waals surface area contributed by atoms with E-state index in [9.17, 15) is 17.2 Å². The number of sulfonamides is 1. The van der Waals surface area contributed by atoms with Gasteiger partial charge in [-0.05, 0) is 48.9 Å². The summed E-state index contributed by atoms with van der Waals surface area (Å²) in [6.07, 6.45) is 0. The Labute approximate surface area is 142 Å². The molecule has 0 radical (unpaired) electrons. The first-order valence-corrected chi connectivity index (χ1v) is 8.46. The average molecular weight is 382 g/mol. The standard InChI is InChI=1S/C14H11Cl2F2NO3S/c1-8-6-10(22-14(17)18)3-5-12(8)19-23(20,21)13-7-9(15)2-4-11(13)16/h2-7,14,19H,1H3. The lowest BCUT2D eigenvalue weighted by atomic mass is 10.2. The maximum atomic E-state index is 12.4. The fourth-order valence-corrected chi connectivity index (χ4v) is 3.70. The monoisotopic (exact) mass is 381 g/mol. The summed E-state index contributed by atoms with van der Waals surface area (Å²) in [6.45, 7) is -1.40. The summed E-state index contributed by atoms with van der Waals surface area (Å²) in [6, 6.07) is 7.90. The fraction of sp³-hybridized carbons (Fsp3) is 0.143. The molecule has 0 aliphatic carbocycles. The summed E-state index contributed by atoms with van der Waals surface area (Å²) < 4.78 is 55.7. The van der Waals surface area contributed by atoms with E-state index in [0.717, 1.165) is 0 Å². The molecule has 1 N–H and O–H groups in total. The van der Waals surface area contributed by atoms with Crippen LogP contribution in [0, 0.1) is 6.92 Å². The van der Waals surface area contributed by atoms with Gasteiger partial charge in [0.1, 0.15) is 10.6 Å². The van der Waals surface area contributed by atoms with E-state index in [1.807, 2.05) is 0 Å². The van der Waals surface area contributed by atoms with Gasteiger partial charge in [0.05, 0.1) is 10.7 Å². The number of halogens is 4. The normalized spacial score (nSPS) is 11.6. The molecule has 0 saturated heterocycles. The molecular weight excluding hydrogens is 371 g/mol. The van der Waals surface area contributed by atoms with Crippen LogP contribution in [0.3, 0.4) is 0 Å². The van der Waals surface area contributed by atoms with Gasteiger partial charge in [0, 0.05) is 5.02 Å². The van der Waals surface area contributed by atoms with Crippen molar-refractivity contribution in [3.05, 3.63) is 52.0 Å². The van der Waals surface area contributed by atoms with Crippen molar-refractivity contribution in [3.63, 3.8) is 0 Å². The van der Waals surface area contributed by atoms with Gasteiger partial charge in [-0.3, -0.25) is 4.72 Å². The Morgan fingerprint density at radius 2 is 1.83 bits per heavy atom. The van der Waals surface area contributed by atoms with Crippen LogP contribution in [0.15, 0.2) is 41.3 Å². The highest BCUT2D eigenvalue weighted by Gasteiger charge is 2.19. The first-order chi connectivity index (χ1) is 10.7. The molecule has 2 aromatic rings. The zero-order valence-electron chi connectivity index (χ0n) is 11.7. The molecule has 0 heterocycles. The topological polar surface area (TPSA) is 55.4 Å². The molecule has 4 nitrogen and oxygen atoms in total. The van der Waals surface area contributed by atoms with E-state index in [1.54, 1.807) is 6.92 Å². The summed E-state index contributed by atoms with van der Waals surface area (Å²) in [5.41, 5.74) is 0.618. The van der Waals surface area contributed by atoms with Gasteiger partial charge in [-0.1, -0.05) is 23.2 Å². The Bertz CT molecular complexity index is 829. The molecular formula is C14H11Cl2F2NO3S. The zero-order chi connectivity index (χ0) is 17.2. The molecule has 124 valence electrons. The number of hydrogen-bond donors (Lipinski definition) is 1. The molecule has 0 saturated carbocycles. The number of rotatable bonds is 5. The predicted octanol–water partition coefficient (Wildman–Crippen LogP) is 4.70. The van der Waals surface area contributed by atoms with E-state index in [-0.39, 0.29) is 26.4 Å². The van der Waals surface area contributed by atoms with E-state index >= 15 is 0 Å². The van der Waals surface area contributed by atoms with Crippen molar-refractivity contribution in [1.29, 1.82) is 0 Å². The number of aryl methyl sites for hydroxylation is 1. The van der Waals surface area contributed by atoms with Crippen LogP contribution in [-0.4, -0.2) is 15.0 Å². The largest absolute Gasteiger partial charge is 0.435 e. The lowest BCUT2D eigenvalue weighted by molar-refractivity contribution is -0.0498. The van der Waals surface area contributed by atoms with E-state index in [1.165, 1.54) is 36.4 Å². The number of ether oxygens (including phenoxy) is 1. The Hall–Kier alpha value is -1.57. The summed E-state index contributed by atoms with van der Waals surface area (Å²) in [5, 5.41) is 0.226. The third-order valence-corrected chi connectivity index (χ3v) is 4.93. The van der Waals surface area contributed by atoms with Gasteiger partial charge in [0.25, 0.3) is 10.0 Å². The fourth-order valence-electron chi connectivity index (χ4n) is 1.81. The minimum Gasteiger partial charge on any atom is -0.435 e. The average Bonchev–Trinajstić information content (AvgIpc) is 2.43. The number of benzene rings is 2. The van der Waals surface area contributed by atoms with Crippen molar-refractivity contribution in [2.45, 2.75) is 18.4 Å². The second-order valence-electron chi connectivity index (χ2n) is 4.54. The van der Waals surface area contributed by atoms with Crippen molar-refractivity contribution < 1.29 is 21.9 Å². The molecule has 0 fully saturated rings. The summed E-state index contributed by atoms with van der Waals surface area (Å²) >= 11 is 11.7. The van der Waals surface area contributed by atoms with Crippen molar-refractivity contribution in [3.8, 4) is 5.75 Å². The van der Waals surface area contributed by atoms with Crippen LogP contribution in [0.2, 0.25) is 10.0 Å². The van der Waals surface area contributed by atoms with Gasteiger partial charge in [-0.2, -0.15) is 8.78 Å². The van der Waals surface area contributed by atoms with Crippen LogP contribution in [-0.2, 0) is 10.0 Å². The molecule has 2 aromatic carbocycles. The van der Waals surface area contributed by atoms with E-state index < -0.39 is 16.6 Å². The van der Waals surface area contributed by atoms with E-state index in [4.69, 9.17) is 23.2 Å². The second-order valence-corrected chi connectivity index (χ2v) is 7.03. The Morgan fingerprint density at radius 3 is 2.43 bits per heavy atom. The highest BCUT2D eigenvalue weighted by molar-refractivity contribution is 7.92. The van der Waals surface area contributed by atoms with Crippen molar-refractivity contribution in [2.24, 2.45) is 0 Å². The minimum absolute atomic E-state index is 0.0113. The molecule has 0 bridgehead atoms. The lowest BCUT2D eigenvalue weighted by Gasteiger charge is -2.13. The van der Waals surface area contributed by atoms with Crippen LogP contribution < -0.4 is 9.46 Å². The highest BCUT2D eigenvalue weighted by atomic mass is 35.5. The van der Waals surface area contributed by atoms with Crippen LogP contribution >= 0.6 is 23.2 Å². The molecule has 0 aromatic heterocycles. The molecule has 23 heavy (non-hydrogen) atoms. The van der Waals surface area contributed by atoms with Crippen LogP contribution in [0.5, 0.6) is 5.75 Å². The van der Waals surface area contributed by atoms with E-state index in [0.29, 0.717) is 5.56 Å². The summed E-state index contributed by atoms with van der Waals surface area (Å²) in [7, 11) is -3.98. The van der Waals surface area contributed by atoms with Gasteiger partial charge in [-0.25, -0.2) is 8.42 Å². The van der Waals surface area contributed by atoms with Crippen LogP contribution in [0.4, 0.5) is 14.5 Å². The summed E-state index contributed by atoms with van der Waals surface area (Å²) in [5.74, 6) is -0.0683. The Morgan fingerprint density at radius 1 is 1.13 bits per heavy atom. The Balaban J connectivity index is 2.32. The van der Waals surface area contributed by atoms with E-state index in [2.05, 4.69) is 9.46 Å². The van der Waals surface area contributed by atoms with Gasteiger partial charge < -0.3 is 4.74 Å². The maximum absolute atomic E-state index is 12.4. The first-order valence-electron chi connectivity index (χ1n) is 6.22. The van der Waals surface area contributed by atoms with Gasteiger partial charge in [0.15, 0.2) is 0 Å². The molecule has 0 spiro atoms.